The number of hydrogen-bond acceptors (Lipinski definition) is 3. The van der Waals surface area contributed by atoms with Gasteiger partial charge in [-0.2, -0.15) is 0 Å². The van der Waals surface area contributed by atoms with Crippen molar-refractivity contribution >= 4 is 37.5 Å². The molecule has 0 aliphatic carbocycles. The summed E-state index contributed by atoms with van der Waals surface area (Å²) in [6.45, 7) is 3.70. The third-order valence-electron chi connectivity index (χ3n) is 3.71. The zero-order valence-electron chi connectivity index (χ0n) is 13.4. The molecule has 128 valence electrons. The Balaban J connectivity index is 2.12. The van der Waals surface area contributed by atoms with Crippen LogP contribution < -0.4 is 10.5 Å². The van der Waals surface area contributed by atoms with Crippen molar-refractivity contribution in [2.45, 2.75) is 25.0 Å². The maximum absolute atomic E-state index is 12.6. The molecule has 3 N–H and O–H groups in total. The van der Waals surface area contributed by atoms with Crippen molar-refractivity contribution in [1.82, 2.24) is 0 Å². The molecule has 0 fully saturated rings. The number of hydrogen-bond donors (Lipinski definition) is 2. The number of nitrogens with two attached hydrogens (primary N) is 1. The topological polar surface area (TPSA) is 89.3 Å². The van der Waals surface area contributed by atoms with Crippen molar-refractivity contribution in [2.24, 2.45) is 5.14 Å². The van der Waals surface area contributed by atoms with Crippen LogP contribution in [0.25, 0.3) is 0 Å². The summed E-state index contributed by atoms with van der Waals surface area (Å²) in [5.74, 6) is -0.380. The minimum atomic E-state index is -3.57. The first-order chi connectivity index (χ1) is 11.1. The molecule has 0 spiro atoms. The molecule has 0 aliphatic rings. The number of rotatable bonds is 5. The van der Waals surface area contributed by atoms with E-state index in [0.717, 1.165) is 10.0 Å². The second-order valence-electron chi connectivity index (χ2n) is 6.09. The summed E-state index contributed by atoms with van der Waals surface area (Å²) in [6.07, 6.45) is 0. The van der Waals surface area contributed by atoms with Gasteiger partial charge < -0.3 is 5.32 Å². The predicted molar refractivity (Wildman–Crippen MR) is 99.1 cm³/mol. The summed E-state index contributed by atoms with van der Waals surface area (Å²) in [4.78, 5) is 12.6. The van der Waals surface area contributed by atoms with E-state index in [1.165, 1.54) is 0 Å². The summed E-state index contributed by atoms with van der Waals surface area (Å²) in [6, 6.07) is 14.2. The molecule has 0 heterocycles. The van der Waals surface area contributed by atoms with Gasteiger partial charge >= 0.3 is 0 Å². The van der Waals surface area contributed by atoms with Crippen LogP contribution in [0.4, 0.5) is 5.69 Å². The van der Waals surface area contributed by atoms with E-state index >= 15 is 0 Å². The Morgan fingerprint density at radius 2 is 1.62 bits per heavy atom. The largest absolute Gasteiger partial charge is 0.325 e. The Hall–Kier alpha value is -1.70. The zero-order valence-corrected chi connectivity index (χ0v) is 15.8. The van der Waals surface area contributed by atoms with E-state index in [1.54, 1.807) is 24.3 Å². The Kier molecular flexibility index (Phi) is 5.47. The van der Waals surface area contributed by atoms with Crippen molar-refractivity contribution in [3.05, 3.63) is 64.1 Å². The molecular formula is C17H19BrN2O3S. The first-order valence-electron chi connectivity index (χ1n) is 7.25. The third kappa shape index (κ3) is 4.90. The summed E-state index contributed by atoms with van der Waals surface area (Å²) in [5.41, 5.74) is 1.36. The molecule has 0 atom stereocenters. The molecule has 0 unspecified atom stereocenters. The number of primary sulfonamides is 1. The molecule has 2 aromatic carbocycles. The molecule has 0 saturated carbocycles. The molecule has 2 rings (SSSR count). The fourth-order valence-electron chi connectivity index (χ4n) is 2.20. The predicted octanol–water partition coefficient (Wildman–Crippen LogP) is 3.15. The van der Waals surface area contributed by atoms with E-state index in [0.29, 0.717) is 11.3 Å². The summed E-state index contributed by atoms with van der Waals surface area (Å²) < 4.78 is 23.1. The molecule has 1 amide bonds. The van der Waals surface area contributed by atoms with Crippen LogP contribution in [-0.2, 0) is 26.0 Å². The standard InChI is InChI=1S/C17H19BrN2O3S/c1-17(2,13-5-7-14(18)8-6-13)16(21)20-15-9-3-12(4-10-15)11-24(19,22)23/h3-10H,11H2,1-2H3,(H,20,21)(H2,19,22,23). The van der Waals surface area contributed by atoms with Gasteiger partial charge in [-0.1, -0.05) is 40.2 Å². The molecule has 2 aromatic rings. The van der Waals surface area contributed by atoms with Crippen molar-refractivity contribution in [3.63, 3.8) is 0 Å². The van der Waals surface area contributed by atoms with Crippen LogP contribution in [0.15, 0.2) is 53.0 Å². The van der Waals surface area contributed by atoms with Crippen LogP contribution in [0, 0.1) is 0 Å². The maximum atomic E-state index is 12.6. The highest BCUT2D eigenvalue weighted by molar-refractivity contribution is 9.10. The highest BCUT2D eigenvalue weighted by Gasteiger charge is 2.29. The van der Waals surface area contributed by atoms with Crippen molar-refractivity contribution in [2.75, 3.05) is 5.32 Å². The van der Waals surface area contributed by atoms with Crippen LogP contribution >= 0.6 is 15.9 Å². The van der Waals surface area contributed by atoms with Crippen molar-refractivity contribution < 1.29 is 13.2 Å². The van der Waals surface area contributed by atoms with E-state index < -0.39 is 15.4 Å². The first-order valence-corrected chi connectivity index (χ1v) is 9.76. The average molecular weight is 411 g/mol. The Morgan fingerprint density at radius 1 is 1.08 bits per heavy atom. The molecule has 0 bridgehead atoms. The average Bonchev–Trinajstić information content (AvgIpc) is 2.48. The highest BCUT2D eigenvalue weighted by atomic mass is 79.9. The van der Waals surface area contributed by atoms with Crippen LogP contribution in [0.1, 0.15) is 25.0 Å². The van der Waals surface area contributed by atoms with E-state index in [4.69, 9.17) is 5.14 Å². The van der Waals surface area contributed by atoms with Crippen molar-refractivity contribution in [3.8, 4) is 0 Å². The molecule has 7 heteroatoms. The van der Waals surface area contributed by atoms with Crippen LogP contribution in [-0.4, -0.2) is 14.3 Å². The first kappa shape index (κ1) is 18.6. The van der Waals surface area contributed by atoms with E-state index in [-0.39, 0.29) is 11.7 Å². The molecule has 0 radical (unpaired) electrons. The number of sulfonamides is 1. The minimum Gasteiger partial charge on any atom is -0.325 e. The lowest BCUT2D eigenvalue weighted by Crippen LogP contribution is -2.34. The number of amides is 1. The lowest BCUT2D eigenvalue weighted by Gasteiger charge is -2.24. The highest BCUT2D eigenvalue weighted by Crippen LogP contribution is 2.26. The number of carbonyl (C=O) groups excluding carboxylic acids is 1. The molecule has 0 aliphatic heterocycles. The Morgan fingerprint density at radius 3 is 2.12 bits per heavy atom. The van der Waals surface area contributed by atoms with Gasteiger partial charge in [0.2, 0.25) is 15.9 Å². The van der Waals surface area contributed by atoms with Gasteiger partial charge in [-0.3, -0.25) is 4.79 Å². The van der Waals surface area contributed by atoms with Gasteiger partial charge in [0.1, 0.15) is 0 Å². The lowest BCUT2D eigenvalue weighted by molar-refractivity contribution is -0.120. The van der Waals surface area contributed by atoms with Gasteiger partial charge in [0.15, 0.2) is 0 Å². The molecule has 24 heavy (non-hydrogen) atoms. The SMILES string of the molecule is CC(C)(C(=O)Nc1ccc(CS(N)(=O)=O)cc1)c1ccc(Br)cc1. The Labute approximate surface area is 150 Å². The summed E-state index contributed by atoms with van der Waals surface area (Å²) in [5, 5.41) is 7.87. The zero-order chi connectivity index (χ0) is 18.0. The quantitative estimate of drug-likeness (QED) is 0.792. The molecule has 0 saturated heterocycles. The second-order valence-corrected chi connectivity index (χ2v) is 8.62. The molecular weight excluding hydrogens is 392 g/mol. The normalized spacial score (nSPS) is 12.0. The van der Waals surface area contributed by atoms with Gasteiger partial charge in [-0.25, -0.2) is 13.6 Å². The smallest absolute Gasteiger partial charge is 0.234 e. The van der Waals surface area contributed by atoms with Gasteiger partial charge in [-0.15, -0.1) is 0 Å². The minimum absolute atomic E-state index is 0.149. The number of carbonyl (C=O) groups is 1. The fraction of sp³-hybridized carbons (Fsp3) is 0.235. The maximum Gasteiger partial charge on any atom is 0.234 e. The van der Waals surface area contributed by atoms with Gasteiger partial charge in [0.25, 0.3) is 0 Å². The number of anilines is 1. The fourth-order valence-corrected chi connectivity index (χ4v) is 3.12. The summed E-state index contributed by atoms with van der Waals surface area (Å²) >= 11 is 3.38. The van der Waals surface area contributed by atoms with Gasteiger partial charge in [0.05, 0.1) is 11.2 Å². The summed E-state index contributed by atoms with van der Waals surface area (Å²) in [7, 11) is -3.57. The van der Waals surface area contributed by atoms with Gasteiger partial charge in [0, 0.05) is 10.2 Å². The number of halogens is 1. The van der Waals surface area contributed by atoms with E-state index in [9.17, 15) is 13.2 Å². The van der Waals surface area contributed by atoms with Crippen LogP contribution in [0.5, 0.6) is 0 Å². The van der Waals surface area contributed by atoms with Crippen LogP contribution in [0.3, 0.4) is 0 Å². The van der Waals surface area contributed by atoms with E-state index in [1.807, 2.05) is 38.1 Å². The number of nitrogens with one attached hydrogen (secondary N) is 1. The van der Waals surface area contributed by atoms with Crippen molar-refractivity contribution in [1.29, 1.82) is 0 Å². The lowest BCUT2D eigenvalue weighted by atomic mass is 9.83. The Bertz CT molecular complexity index is 829. The molecule has 5 nitrogen and oxygen atoms in total. The van der Waals surface area contributed by atoms with E-state index in [2.05, 4.69) is 21.2 Å². The molecule has 0 aromatic heterocycles. The van der Waals surface area contributed by atoms with Gasteiger partial charge in [-0.05, 0) is 49.2 Å². The second kappa shape index (κ2) is 7.04. The number of benzene rings is 2. The van der Waals surface area contributed by atoms with Crippen LogP contribution in [0.2, 0.25) is 0 Å². The third-order valence-corrected chi connectivity index (χ3v) is 4.98. The monoisotopic (exact) mass is 410 g/mol.